The van der Waals surface area contributed by atoms with Crippen molar-refractivity contribution >= 4 is 46.2 Å². The molecule has 4 amide bonds. The van der Waals surface area contributed by atoms with Crippen LogP contribution in [0.4, 0.5) is 14.0 Å². The van der Waals surface area contributed by atoms with Crippen LogP contribution in [-0.4, -0.2) is 97.2 Å². The number of H-pyrrole nitrogens is 2. The van der Waals surface area contributed by atoms with Crippen LogP contribution in [0.2, 0.25) is 0 Å². The molecule has 2 aliphatic carbocycles. The van der Waals surface area contributed by atoms with Crippen molar-refractivity contribution in [3.8, 4) is 39.5 Å². The Hall–Kier alpha value is -6.69. The molecular formula is C51H56FN9O7S. The van der Waals surface area contributed by atoms with Gasteiger partial charge in [0.05, 0.1) is 71.7 Å². The monoisotopic (exact) mass is 957 g/mol. The lowest BCUT2D eigenvalue weighted by molar-refractivity contribution is -0.137. The first-order valence-corrected chi connectivity index (χ1v) is 24.8. The van der Waals surface area contributed by atoms with E-state index in [-0.39, 0.29) is 41.8 Å². The number of benzene rings is 2. The van der Waals surface area contributed by atoms with E-state index in [0.717, 1.165) is 46.3 Å². The van der Waals surface area contributed by atoms with Gasteiger partial charge in [0.25, 0.3) is 0 Å². The van der Waals surface area contributed by atoms with Crippen LogP contribution in [0, 0.1) is 23.6 Å². The number of piperidine rings is 1. The molecule has 7 heterocycles. The lowest BCUT2D eigenvalue weighted by Crippen LogP contribution is -2.52. The summed E-state index contributed by atoms with van der Waals surface area (Å²) in [7, 11) is 2.56. The number of fused-ring (bicyclic) bond motifs is 6. The second-order valence-corrected chi connectivity index (χ2v) is 21.0. The maximum atomic E-state index is 16.9. The average molecular weight is 958 g/mol. The summed E-state index contributed by atoms with van der Waals surface area (Å²) in [5.74, 6) is 1.51. The Morgan fingerprint density at radius 2 is 1.46 bits per heavy atom. The number of likely N-dealkylation sites (tertiary alicyclic amines) is 2. The first-order valence-electron chi connectivity index (χ1n) is 24.0. The number of nitrogens with zero attached hydrogens (tertiary/aromatic N) is 5. The Morgan fingerprint density at radius 1 is 0.797 bits per heavy atom. The van der Waals surface area contributed by atoms with Crippen molar-refractivity contribution in [1.82, 2.24) is 44.9 Å². The summed E-state index contributed by atoms with van der Waals surface area (Å²) in [5, 5.41) is 6.33. The van der Waals surface area contributed by atoms with E-state index in [1.54, 1.807) is 28.6 Å². The van der Waals surface area contributed by atoms with Crippen LogP contribution in [0.5, 0.6) is 5.75 Å². The second-order valence-electron chi connectivity index (χ2n) is 19.8. The van der Waals surface area contributed by atoms with Crippen molar-refractivity contribution in [1.29, 1.82) is 0 Å². The molecule has 6 aromatic rings. The van der Waals surface area contributed by atoms with Crippen LogP contribution >= 0.6 is 11.3 Å². The number of alkyl carbamates (subject to hydrolysis) is 2. The van der Waals surface area contributed by atoms with E-state index in [0.29, 0.717) is 64.7 Å². The third-order valence-corrected chi connectivity index (χ3v) is 15.9. The molecule has 0 radical (unpaired) electrons. The molecule has 11 rings (SSSR count). The number of methoxy groups -OCH3 is 2. The molecule has 4 aromatic heterocycles. The van der Waals surface area contributed by atoms with Crippen molar-refractivity contribution in [3.63, 3.8) is 0 Å². The van der Waals surface area contributed by atoms with Crippen LogP contribution in [-0.2, 0) is 19.1 Å². The van der Waals surface area contributed by atoms with Crippen molar-refractivity contribution in [3.05, 3.63) is 88.1 Å². The molecule has 69 heavy (non-hydrogen) atoms. The van der Waals surface area contributed by atoms with E-state index >= 15 is 4.39 Å². The fourth-order valence-electron chi connectivity index (χ4n) is 10.7. The number of hydrogen-bond donors (Lipinski definition) is 4. The Bertz CT molecular complexity index is 3010. The standard InChI is InChI=1S/C51H56FN9O7S/c1-24(2)43(57-50(64)66-5)47(62)59-15-7-8-35(59)45-53-23-33(56-45)28-17-31(52)42-37-19-29-16-27(11-12-34(29)61(37)49(68-39(42)21-28)41-14-13-40(69-41)26-9-10-26)32-22-54-46(55-32)38-20-30-18-36(30)60(38)48(63)44(25(3)4)58-51(65)67-6/h11-14,16-17,19,21-26,30,35-36,38,43-44,49H,7-10,15,18,20H2,1-6H3,(H,53,56)(H,54,55)(H,57,64)(H,58,65)/t30-,35+,36-,38+,43+,44+,49?/m1/s1. The highest BCUT2D eigenvalue weighted by molar-refractivity contribution is 7.12. The molecular weight excluding hydrogens is 902 g/mol. The molecule has 16 nitrogen and oxygen atoms in total. The summed E-state index contributed by atoms with van der Waals surface area (Å²) in [6.45, 7) is 8.08. The highest BCUT2D eigenvalue weighted by Crippen LogP contribution is 2.54. The molecule has 4 N–H and O–H groups in total. The fraction of sp³-hybridized carbons (Fsp3) is 0.451. The molecule has 2 saturated heterocycles. The number of carbonyl (C=O) groups excluding carboxylic acids is 4. The van der Waals surface area contributed by atoms with Gasteiger partial charge in [0.15, 0.2) is 0 Å². The number of hydrogen-bond acceptors (Lipinski definition) is 10. The minimum absolute atomic E-state index is 0.109. The first-order chi connectivity index (χ1) is 33.3. The van der Waals surface area contributed by atoms with E-state index in [2.05, 4.69) is 43.4 Å². The van der Waals surface area contributed by atoms with Gasteiger partial charge in [-0.1, -0.05) is 33.8 Å². The van der Waals surface area contributed by atoms with E-state index in [1.165, 1.54) is 38.0 Å². The van der Waals surface area contributed by atoms with Crippen LogP contribution in [0.1, 0.15) is 112 Å². The number of ether oxygens (including phenoxy) is 3. The third kappa shape index (κ3) is 7.99. The lowest BCUT2D eigenvalue weighted by Gasteiger charge is -2.31. The van der Waals surface area contributed by atoms with Crippen LogP contribution in [0.3, 0.4) is 0 Å². The van der Waals surface area contributed by atoms with Crippen molar-refractivity contribution in [2.75, 3.05) is 20.8 Å². The smallest absolute Gasteiger partial charge is 0.407 e. The van der Waals surface area contributed by atoms with Gasteiger partial charge in [0.2, 0.25) is 18.0 Å². The van der Waals surface area contributed by atoms with Crippen molar-refractivity contribution in [2.45, 2.75) is 109 Å². The Balaban J connectivity index is 0.908. The van der Waals surface area contributed by atoms with E-state index in [1.807, 2.05) is 56.9 Å². The molecule has 5 aliphatic rings. The molecule has 18 heteroatoms. The number of carbonyl (C=O) groups is 4. The first kappa shape index (κ1) is 44.8. The number of halogens is 1. The highest BCUT2D eigenvalue weighted by atomic mass is 32.1. The number of aromatic amines is 2. The zero-order chi connectivity index (χ0) is 48.0. The van der Waals surface area contributed by atoms with Gasteiger partial charge >= 0.3 is 12.2 Å². The van der Waals surface area contributed by atoms with Crippen molar-refractivity contribution in [2.24, 2.45) is 17.8 Å². The molecule has 0 bridgehead atoms. The van der Waals surface area contributed by atoms with Gasteiger partial charge in [-0.2, -0.15) is 0 Å². The molecule has 2 saturated carbocycles. The molecule has 3 aliphatic heterocycles. The van der Waals surface area contributed by atoms with E-state index < -0.39 is 36.3 Å². The van der Waals surface area contributed by atoms with Gasteiger partial charge < -0.3 is 44.6 Å². The zero-order valence-electron chi connectivity index (χ0n) is 39.4. The maximum absolute atomic E-state index is 16.9. The number of amides is 4. The molecule has 7 atom stereocenters. The normalized spacial score (nSPS) is 22.2. The molecule has 2 aromatic carbocycles. The van der Waals surface area contributed by atoms with Gasteiger partial charge in [0, 0.05) is 34.0 Å². The summed E-state index contributed by atoms with van der Waals surface area (Å²) in [4.78, 5) is 74.7. The van der Waals surface area contributed by atoms with Crippen LogP contribution in [0.15, 0.2) is 60.9 Å². The number of rotatable bonds is 12. The summed E-state index contributed by atoms with van der Waals surface area (Å²) in [6, 6.07) is 13.8. The van der Waals surface area contributed by atoms with Gasteiger partial charge in [-0.3, -0.25) is 14.2 Å². The fourth-order valence-corrected chi connectivity index (χ4v) is 12.0. The second kappa shape index (κ2) is 17.4. The maximum Gasteiger partial charge on any atom is 0.407 e. The Morgan fingerprint density at radius 3 is 2.14 bits per heavy atom. The zero-order valence-corrected chi connectivity index (χ0v) is 40.2. The summed E-state index contributed by atoms with van der Waals surface area (Å²) >= 11 is 1.73. The number of thiophene rings is 1. The van der Waals surface area contributed by atoms with Crippen LogP contribution < -0.4 is 15.4 Å². The van der Waals surface area contributed by atoms with Gasteiger partial charge in [-0.05, 0) is 105 Å². The lowest BCUT2D eigenvalue weighted by atomic mass is 10.0. The topological polar surface area (TPSA) is 189 Å². The van der Waals surface area contributed by atoms with Crippen LogP contribution in [0.25, 0.3) is 44.7 Å². The number of nitrogens with one attached hydrogen (secondary N) is 4. The van der Waals surface area contributed by atoms with Gasteiger partial charge in [-0.25, -0.2) is 23.9 Å². The molecule has 4 fully saturated rings. The Labute approximate surface area is 402 Å². The molecule has 360 valence electrons. The molecule has 1 unspecified atom stereocenters. The number of imidazole rings is 2. The number of aromatic nitrogens is 5. The van der Waals surface area contributed by atoms with Gasteiger partial charge in [-0.15, -0.1) is 11.3 Å². The molecule has 0 spiro atoms. The predicted molar refractivity (Wildman–Crippen MR) is 256 cm³/mol. The SMILES string of the molecule is COC(=O)N[C@H](C(=O)N1CCC[C@H]1c1ncc(-c2cc(F)c3c(c2)OC(c2ccc(C4CC4)s2)n2c-3cc3cc(-c4cnc([C@@H]5C[C@H]6C[C@H]6N5C(=O)[C@@H](NC(=O)OC)C(C)C)[nH]4)ccc32)[nH]1)C(C)C. The minimum atomic E-state index is -0.767. The summed E-state index contributed by atoms with van der Waals surface area (Å²) < 4.78 is 35.6. The Kier molecular flexibility index (Phi) is 11.3. The largest absolute Gasteiger partial charge is 0.464 e. The average Bonchev–Trinajstić information content (AvgIpc) is 3.81. The third-order valence-electron chi connectivity index (χ3n) is 14.6. The predicted octanol–water partition coefficient (Wildman–Crippen LogP) is 9.19. The van der Waals surface area contributed by atoms with Gasteiger partial charge in [0.1, 0.15) is 35.3 Å². The summed E-state index contributed by atoms with van der Waals surface area (Å²) in [5.41, 5.74) is 4.74. The van der Waals surface area contributed by atoms with Crippen molar-refractivity contribution < 1.29 is 37.8 Å². The van der Waals surface area contributed by atoms with E-state index in [9.17, 15) is 19.2 Å². The summed E-state index contributed by atoms with van der Waals surface area (Å²) in [6.07, 6.45) is 7.10. The van der Waals surface area contributed by atoms with E-state index in [4.69, 9.17) is 24.2 Å². The minimum Gasteiger partial charge on any atom is -0.464 e. The highest BCUT2D eigenvalue weighted by Gasteiger charge is 2.56. The quantitative estimate of drug-likeness (QED) is 0.0927.